The average molecular weight is 319 g/mol. The number of carbonyl (C=O) groups is 1. The molecule has 0 unspecified atom stereocenters. The monoisotopic (exact) mass is 319 g/mol. The Kier molecular flexibility index (Phi) is 3.60. The summed E-state index contributed by atoms with van der Waals surface area (Å²) < 4.78 is 38.0. The topological polar surface area (TPSA) is 53.1 Å². The standard InChI is InChI=1S/C17H12F3NO2/c18-17(19,20)11-7-5-10(6-8-11)16-13(9-15(22)23)12-3-1-2-4-14(12)21-16/h1-8,21H,9H2,(H,22,23). The minimum absolute atomic E-state index is 0.208. The van der Waals surface area contributed by atoms with Crippen LogP contribution in [0.15, 0.2) is 48.5 Å². The van der Waals surface area contributed by atoms with Gasteiger partial charge in [-0.1, -0.05) is 30.3 Å². The summed E-state index contributed by atoms with van der Waals surface area (Å²) in [6, 6.07) is 11.9. The van der Waals surface area contributed by atoms with E-state index in [0.717, 1.165) is 23.0 Å². The first-order valence-electron chi connectivity index (χ1n) is 6.85. The average Bonchev–Trinajstić information content (AvgIpc) is 2.85. The van der Waals surface area contributed by atoms with Crippen molar-refractivity contribution in [3.05, 3.63) is 59.7 Å². The fourth-order valence-electron chi connectivity index (χ4n) is 2.61. The van der Waals surface area contributed by atoms with E-state index in [2.05, 4.69) is 4.98 Å². The molecule has 23 heavy (non-hydrogen) atoms. The Labute approximate surface area is 129 Å². The van der Waals surface area contributed by atoms with Crippen LogP contribution in [0.25, 0.3) is 22.2 Å². The zero-order valence-electron chi connectivity index (χ0n) is 11.8. The number of para-hydroxylation sites is 1. The predicted octanol–water partition coefficient (Wildman–Crippen LogP) is 4.48. The van der Waals surface area contributed by atoms with Gasteiger partial charge in [-0.05, 0) is 29.3 Å². The van der Waals surface area contributed by atoms with Crippen molar-refractivity contribution in [3.8, 4) is 11.3 Å². The molecule has 0 spiro atoms. The number of carboxylic acids is 1. The normalized spacial score (nSPS) is 11.8. The van der Waals surface area contributed by atoms with Crippen LogP contribution in [0.3, 0.4) is 0 Å². The first-order valence-corrected chi connectivity index (χ1v) is 6.85. The zero-order chi connectivity index (χ0) is 16.6. The fourth-order valence-corrected chi connectivity index (χ4v) is 2.61. The van der Waals surface area contributed by atoms with Gasteiger partial charge in [0, 0.05) is 10.9 Å². The summed E-state index contributed by atoms with van der Waals surface area (Å²) in [5, 5.41) is 9.86. The van der Waals surface area contributed by atoms with Crippen LogP contribution in [0, 0.1) is 0 Å². The SMILES string of the molecule is O=C(O)Cc1c(-c2ccc(C(F)(F)F)cc2)[nH]c2ccccc12. The van der Waals surface area contributed by atoms with Crippen molar-refractivity contribution in [2.45, 2.75) is 12.6 Å². The van der Waals surface area contributed by atoms with Crippen LogP contribution in [-0.2, 0) is 17.4 Å². The van der Waals surface area contributed by atoms with E-state index in [4.69, 9.17) is 5.11 Å². The van der Waals surface area contributed by atoms with Gasteiger partial charge in [0.2, 0.25) is 0 Å². The Bertz CT molecular complexity index is 864. The zero-order valence-corrected chi connectivity index (χ0v) is 11.8. The summed E-state index contributed by atoms with van der Waals surface area (Å²) in [7, 11) is 0. The predicted molar refractivity (Wildman–Crippen MR) is 80.1 cm³/mol. The number of nitrogens with one attached hydrogen (secondary N) is 1. The van der Waals surface area contributed by atoms with Gasteiger partial charge in [-0.2, -0.15) is 13.2 Å². The van der Waals surface area contributed by atoms with Crippen molar-refractivity contribution in [2.24, 2.45) is 0 Å². The molecule has 1 heterocycles. The van der Waals surface area contributed by atoms with Gasteiger partial charge in [0.05, 0.1) is 17.7 Å². The molecule has 0 aliphatic heterocycles. The number of aromatic amines is 1. The molecule has 0 aliphatic rings. The minimum atomic E-state index is -4.40. The fraction of sp³-hybridized carbons (Fsp3) is 0.118. The van der Waals surface area contributed by atoms with E-state index in [9.17, 15) is 18.0 Å². The number of alkyl halides is 3. The maximum absolute atomic E-state index is 12.7. The van der Waals surface area contributed by atoms with Gasteiger partial charge in [-0.3, -0.25) is 4.79 Å². The van der Waals surface area contributed by atoms with E-state index in [-0.39, 0.29) is 6.42 Å². The first-order chi connectivity index (χ1) is 10.9. The molecule has 2 N–H and O–H groups in total. The van der Waals surface area contributed by atoms with Crippen LogP contribution in [0.2, 0.25) is 0 Å². The largest absolute Gasteiger partial charge is 0.481 e. The van der Waals surface area contributed by atoms with E-state index < -0.39 is 17.7 Å². The van der Waals surface area contributed by atoms with Crippen LogP contribution in [0.4, 0.5) is 13.2 Å². The van der Waals surface area contributed by atoms with Gasteiger partial charge in [-0.15, -0.1) is 0 Å². The lowest BCUT2D eigenvalue weighted by Gasteiger charge is -2.08. The Balaban J connectivity index is 2.13. The maximum Gasteiger partial charge on any atom is 0.416 e. The number of fused-ring (bicyclic) bond motifs is 1. The lowest BCUT2D eigenvalue weighted by atomic mass is 10.0. The van der Waals surface area contributed by atoms with Crippen molar-refractivity contribution in [3.63, 3.8) is 0 Å². The lowest BCUT2D eigenvalue weighted by Crippen LogP contribution is -2.04. The lowest BCUT2D eigenvalue weighted by molar-refractivity contribution is -0.138. The van der Waals surface area contributed by atoms with E-state index in [0.29, 0.717) is 16.8 Å². The van der Waals surface area contributed by atoms with Crippen LogP contribution in [0.1, 0.15) is 11.1 Å². The number of aliphatic carboxylic acids is 1. The number of carboxylic acid groups (broad SMARTS) is 1. The summed E-state index contributed by atoms with van der Waals surface area (Å²) in [6.45, 7) is 0. The van der Waals surface area contributed by atoms with Crippen molar-refractivity contribution in [2.75, 3.05) is 0 Å². The number of rotatable bonds is 3. The highest BCUT2D eigenvalue weighted by atomic mass is 19.4. The second-order valence-electron chi connectivity index (χ2n) is 5.17. The third kappa shape index (κ3) is 2.92. The molecule has 0 radical (unpaired) electrons. The molecule has 0 saturated heterocycles. The Morgan fingerprint density at radius 1 is 1.04 bits per heavy atom. The van der Waals surface area contributed by atoms with E-state index in [1.54, 1.807) is 24.3 Å². The van der Waals surface area contributed by atoms with Crippen molar-refractivity contribution >= 4 is 16.9 Å². The number of halogens is 3. The highest BCUT2D eigenvalue weighted by Crippen LogP contribution is 2.34. The van der Waals surface area contributed by atoms with Gasteiger partial charge in [0.15, 0.2) is 0 Å². The minimum Gasteiger partial charge on any atom is -0.481 e. The molecule has 0 fully saturated rings. The van der Waals surface area contributed by atoms with Gasteiger partial charge < -0.3 is 10.1 Å². The molecular formula is C17H12F3NO2. The molecule has 0 bridgehead atoms. The Hall–Kier alpha value is -2.76. The summed E-state index contributed by atoms with van der Waals surface area (Å²) >= 11 is 0. The molecule has 3 nitrogen and oxygen atoms in total. The van der Waals surface area contributed by atoms with E-state index in [1.165, 1.54) is 12.1 Å². The molecule has 0 amide bonds. The van der Waals surface area contributed by atoms with Crippen molar-refractivity contribution in [1.82, 2.24) is 4.98 Å². The molecule has 3 aromatic rings. The third-order valence-electron chi connectivity index (χ3n) is 3.64. The van der Waals surface area contributed by atoms with Crippen LogP contribution in [-0.4, -0.2) is 16.1 Å². The summed E-state index contributed by atoms with van der Waals surface area (Å²) in [6.07, 6.45) is -4.61. The summed E-state index contributed by atoms with van der Waals surface area (Å²) in [5.74, 6) is -0.997. The number of aromatic nitrogens is 1. The summed E-state index contributed by atoms with van der Waals surface area (Å²) in [5.41, 5.74) is 1.62. The second-order valence-corrected chi connectivity index (χ2v) is 5.17. The quantitative estimate of drug-likeness (QED) is 0.748. The molecule has 0 atom stereocenters. The number of H-pyrrole nitrogens is 1. The van der Waals surface area contributed by atoms with Gasteiger partial charge >= 0.3 is 12.1 Å². The van der Waals surface area contributed by atoms with Gasteiger partial charge in [0.1, 0.15) is 0 Å². The molecule has 1 aromatic heterocycles. The Morgan fingerprint density at radius 3 is 2.30 bits per heavy atom. The van der Waals surface area contributed by atoms with Crippen molar-refractivity contribution < 1.29 is 23.1 Å². The van der Waals surface area contributed by atoms with E-state index >= 15 is 0 Å². The molecule has 6 heteroatoms. The second kappa shape index (κ2) is 5.46. The Morgan fingerprint density at radius 2 is 1.70 bits per heavy atom. The third-order valence-corrected chi connectivity index (χ3v) is 3.64. The maximum atomic E-state index is 12.7. The molecule has 118 valence electrons. The number of hydrogen-bond donors (Lipinski definition) is 2. The molecule has 0 saturated carbocycles. The van der Waals surface area contributed by atoms with Gasteiger partial charge in [-0.25, -0.2) is 0 Å². The molecule has 3 rings (SSSR count). The highest BCUT2D eigenvalue weighted by molar-refractivity contribution is 5.93. The van der Waals surface area contributed by atoms with Crippen LogP contribution in [0.5, 0.6) is 0 Å². The molecule has 2 aromatic carbocycles. The molecule has 0 aliphatic carbocycles. The smallest absolute Gasteiger partial charge is 0.416 e. The van der Waals surface area contributed by atoms with Crippen LogP contribution < -0.4 is 0 Å². The van der Waals surface area contributed by atoms with Crippen LogP contribution >= 0.6 is 0 Å². The summed E-state index contributed by atoms with van der Waals surface area (Å²) in [4.78, 5) is 14.2. The van der Waals surface area contributed by atoms with Gasteiger partial charge in [0.25, 0.3) is 0 Å². The number of hydrogen-bond acceptors (Lipinski definition) is 1. The van der Waals surface area contributed by atoms with E-state index in [1.807, 2.05) is 0 Å². The highest BCUT2D eigenvalue weighted by Gasteiger charge is 2.30. The molecular weight excluding hydrogens is 307 g/mol. The number of benzene rings is 2. The van der Waals surface area contributed by atoms with Crippen molar-refractivity contribution in [1.29, 1.82) is 0 Å². The first kappa shape index (κ1) is 15.1.